The maximum absolute atomic E-state index is 13.3. The summed E-state index contributed by atoms with van der Waals surface area (Å²) < 4.78 is 0. The van der Waals surface area contributed by atoms with Crippen LogP contribution < -0.4 is 10.2 Å². The molecule has 0 aliphatic carbocycles. The lowest BCUT2D eigenvalue weighted by atomic mass is 10.0. The number of hydrogen-bond acceptors (Lipinski definition) is 3. The minimum absolute atomic E-state index is 0.00483. The van der Waals surface area contributed by atoms with E-state index in [9.17, 15) is 9.59 Å². The average molecular weight is 442 g/mol. The first-order chi connectivity index (χ1) is 16.1. The van der Waals surface area contributed by atoms with Gasteiger partial charge in [0.05, 0.1) is 5.56 Å². The van der Waals surface area contributed by atoms with E-state index < -0.39 is 0 Å². The van der Waals surface area contributed by atoms with Crippen LogP contribution in [0.4, 0.5) is 11.4 Å². The molecule has 0 aromatic heterocycles. The highest BCUT2D eigenvalue weighted by molar-refractivity contribution is 6.06. The predicted octanol–water partition coefficient (Wildman–Crippen LogP) is 5.69. The van der Waals surface area contributed by atoms with Crippen molar-refractivity contribution in [3.8, 4) is 11.1 Å². The summed E-state index contributed by atoms with van der Waals surface area (Å²) in [5, 5.41) is 2.98. The van der Waals surface area contributed by atoms with Gasteiger partial charge < -0.3 is 15.1 Å². The minimum Gasteiger partial charge on any atom is -0.371 e. The second-order valence-corrected chi connectivity index (χ2v) is 8.30. The van der Waals surface area contributed by atoms with Gasteiger partial charge in [-0.3, -0.25) is 9.59 Å². The summed E-state index contributed by atoms with van der Waals surface area (Å²) in [6.45, 7) is 7.19. The van der Waals surface area contributed by atoms with Gasteiger partial charge in [-0.05, 0) is 68.1 Å². The molecule has 1 fully saturated rings. The Kier molecular flexibility index (Phi) is 7.08. The number of anilines is 2. The average Bonchev–Trinajstić information content (AvgIpc) is 3.40. The molecule has 0 saturated carbocycles. The van der Waals surface area contributed by atoms with E-state index in [0.717, 1.165) is 42.7 Å². The topological polar surface area (TPSA) is 52.7 Å². The molecule has 5 heteroatoms. The summed E-state index contributed by atoms with van der Waals surface area (Å²) in [6.07, 6.45) is 2.27. The second kappa shape index (κ2) is 10.3. The van der Waals surface area contributed by atoms with Crippen LogP contribution >= 0.6 is 0 Å². The van der Waals surface area contributed by atoms with Crippen LogP contribution in [0.2, 0.25) is 0 Å². The van der Waals surface area contributed by atoms with Crippen molar-refractivity contribution in [2.75, 3.05) is 36.4 Å². The smallest absolute Gasteiger partial charge is 0.256 e. The van der Waals surface area contributed by atoms with Crippen LogP contribution in [0.25, 0.3) is 11.1 Å². The molecule has 170 valence electrons. The molecule has 3 aromatic rings. The SMILES string of the molecule is CCN(CC)C(=O)c1cc(NC(=O)c2ccc(-c3ccccc3)cc2)ccc1N1CCCC1. The molecule has 0 unspecified atom stereocenters. The van der Waals surface area contributed by atoms with Gasteiger partial charge in [0.2, 0.25) is 0 Å². The van der Waals surface area contributed by atoms with Crippen LogP contribution in [-0.4, -0.2) is 42.9 Å². The molecule has 1 aliphatic heterocycles. The Morgan fingerprint density at radius 3 is 2.12 bits per heavy atom. The zero-order valence-electron chi connectivity index (χ0n) is 19.4. The van der Waals surface area contributed by atoms with E-state index in [2.05, 4.69) is 10.2 Å². The molecular formula is C28H31N3O2. The van der Waals surface area contributed by atoms with Gasteiger partial charge in [0.1, 0.15) is 0 Å². The maximum Gasteiger partial charge on any atom is 0.256 e. The first-order valence-electron chi connectivity index (χ1n) is 11.8. The van der Waals surface area contributed by atoms with Crippen molar-refractivity contribution in [3.63, 3.8) is 0 Å². The van der Waals surface area contributed by atoms with Crippen molar-refractivity contribution in [1.29, 1.82) is 0 Å². The van der Waals surface area contributed by atoms with Crippen LogP contribution in [0, 0.1) is 0 Å². The number of carbonyl (C=O) groups excluding carboxylic acids is 2. The van der Waals surface area contributed by atoms with Gasteiger partial charge in [-0.2, -0.15) is 0 Å². The zero-order chi connectivity index (χ0) is 23.2. The van der Waals surface area contributed by atoms with Gasteiger partial charge in [-0.1, -0.05) is 42.5 Å². The molecule has 33 heavy (non-hydrogen) atoms. The van der Waals surface area contributed by atoms with E-state index in [1.807, 2.05) is 91.5 Å². The van der Waals surface area contributed by atoms with Crippen LogP contribution in [0.1, 0.15) is 47.4 Å². The van der Waals surface area contributed by atoms with Gasteiger partial charge in [0.25, 0.3) is 11.8 Å². The van der Waals surface area contributed by atoms with Gasteiger partial charge >= 0.3 is 0 Å². The second-order valence-electron chi connectivity index (χ2n) is 8.30. The summed E-state index contributed by atoms with van der Waals surface area (Å²) in [7, 11) is 0. The molecule has 0 atom stereocenters. The van der Waals surface area contributed by atoms with Crippen LogP contribution in [0.5, 0.6) is 0 Å². The van der Waals surface area contributed by atoms with Crippen LogP contribution in [-0.2, 0) is 0 Å². The Morgan fingerprint density at radius 1 is 0.848 bits per heavy atom. The van der Waals surface area contributed by atoms with Crippen LogP contribution in [0.15, 0.2) is 72.8 Å². The van der Waals surface area contributed by atoms with Gasteiger partial charge in [0, 0.05) is 43.1 Å². The summed E-state index contributed by atoms with van der Waals surface area (Å²) in [5.74, 6) is -0.185. The summed E-state index contributed by atoms with van der Waals surface area (Å²) >= 11 is 0. The number of benzene rings is 3. The highest BCUT2D eigenvalue weighted by atomic mass is 16.2. The fraction of sp³-hybridized carbons (Fsp3) is 0.286. The van der Waals surface area contributed by atoms with Crippen molar-refractivity contribution in [2.24, 2.45) is 0 Å². The molecule has 2 amide bonds. The highest BCUT2D eigenvalue weighted by Crippen LogP contribution is 2.29. The molecule has 1 heterocycles. The third kappa shape index (κ3) is 5.08. The van der Waals surface area contributed by atoms with E-state index >= 15 is 0 Å². The number of rotatable bonds is 7. The molecule has 3 aromatic carbocycles. The summed E-state index contributed by atoms with van der Waals surface area (Å²) in [4.78, 5) is 30.3. The van der Waals surface area contributed by atoms with E-state index in [1.165, 1.54) is 0 Å². The molecule has 4 rings (SSSR count). The molecule has 0 radical (unpaired) electrons. The largest absolute Gasteiger partial charge is 0.371 e. The van der Waals surface area contributed by atoms with Gasteiger partial charge in [-0.25, -0.2) is 0 Å². The Bertz CT molecular complexity index is 1100. The standard InChI is InChI=1S/C28H31N3O2/c1-3-30(4-2)28(33)25-20-24(16-17-26(25)31-18-8-9-19-31)29-27(32)23-14-12-22(13-15-23)21-10-6-5-7-11-21/h5-7,10-17,20H,3-4,8-9,18-19H2,1-2H3,(H,29,32). The third-order valence-electron chi connectivity index (χ3n) is 6.24. The van der Waals surface area contributed by atoms with E-state index in [1.54, 1.807) is 0 Å². The monoisotopic (exact) mass is 441 g/mol. The third-order valence-corrected chi connectivity index (χ3v) is 6.24. The Balaban J connectivity index is 1.56. The molecular weight excluding hydrogens is 410 g/mol. The molecule has 1 saturated heterocycles. The van der Waals surface area contributed by atoms with Crippen molar-refractivity contribution in [2.45, 2.75) is 26.7 Å². The quantitative estimate of drug-likeness (QED) is 0.513. The number of carbonyl (C=O) groups is 2. The fourth-order valence-corrected chi connectivity index (χ4v) is 4.35. The predicted molar refractivity (Wildman–Crippen MR) is 135 cm³/mol. The number of nitrogens with zero attached hydrogens (tertiary/aromatic N) is 2. The number of hydrogen-bond donors (Lipinski definition) is 1. The van der Waals surface area contributed by atoms with E-state index in [4.69, 9.17) is 0 Å². The van der Waals surface area contributed by atoms with Crippen molar-refractivity contribution in [3.05, 3.63) is 83.9 Å². The molecule has 1 aliphatic rings. The molecule has 1 N–H and O–H groups in total. The van der Waals surface area contributed by atoms with Crippen LogP contribution in [0.3, 0.4) is 0 Å². The Hall–Kier alpha value is -3.60. The summed E-state index contributed by atoms with van der Waals surface area (Å²) in [5.41, 5.74) is 4.99. The van der Waals surface area contributed by atoms with Gasteiger partial charge in [0.15, 0.2) is 0 Å². The Morgan fingerprint density at radius 2 is 1.48 bits per heavy atom. The first kappa shape index (κ1) is 22.6. The molecule has 0 spiro atoms. The lowest BCUT2D eigenvalue weighted by Gasteiger charge is -2.25. The fourth-order valence-electron chi connectivity index (χ4n) is 4.35. The first-order valence-corrected chi connectivity index (χ1v) is 11.8. The van der Waals surface area contributed by atoms with E-state index in [0.29, 0.717) is 29.9 Å². The minimum atomic E-state index is -0.190. The summed E-state index contributed by atoms with van der Waals surface area (Å²) in [6, 6.07) is 23.3. The van der Waals surface area contributed by atoms with Gasteiger partial charge in [-0.15, -0.1) is 0 Å². The highest BCUT2D eigenvalue weighted by Gasteiger charge is 2.23. The molecule has 5 nitrogen and oxygen atoms in total. The number of nitrogens with one attached hydrogen (secondary N) is 1. The number of amides is 2. The van der Waals surface area contributed by atoms with E-state index in [-0.39, 0.29) is 11.8 Å². The maximum atomic E-state index is 13.3. The lowest BCUT2D eigenvalue weighted by molar-refractivity contribution is 0.0773. The van der Waals surface area contributed by atoms with Crippen molar-refractivity contribution < 1.29 is 9.59 Å². The zero-order valence-corrected chi connectivity index (χ0v) is 19.4. The van der Waals surface area contributed by atoms with Crippen molar-refractivity contribution in [1.82, 2.24) is 4.90 Å². The normalized spacial score (nSPS) is 13.1. The lowest BCUT2D eigenvalue weighted by Crippen LogP contribution is -2.32. The van der Waals surface area contributed by atoms with Crippen molar-refractivity contribution >= 4 is 23.2 Å². The Labute approximate surface area is 196 Å². The molecule has 0 bridgehead atoms.